The van der Waals surface area contributed by atoms with Crippen LogP contribution >= 0.6 is 11.6 Å². The molecule has 6 nitrogen and oxygen atoms in total. The van der Waals surface area contributed by atoms with Crippen molar-refractivity contribution in [2.24, 2.45) is 0 Å². The zero-order valence-electron chi connectivity index (χ0n) is 13.5. The van der Waals surface area contributed by atoms with Crippen molar-refractivity contribution in [1.82, 2.24) is 15.0 Å². The van der Waals surface area contributed by atoms with Crippen molar-refractivity contribution in [1.29, 1.82) is 0 Å². The van der Waals surface area contributed by atoms with Gasteiger partial charge in [-0.15, -0.1) is 5.10 Å². The van der Waals surface area contributed by atoms with Crippen LogP contribution in [0.4, 0.5) is 10.1 Å². The van der Waals surface area contributed by atoms with Crippen LogP contribution in [0.1, 0.15) is 16.2 Å². The number of carbonyl (C=O) groups excluding carboxylic acids is 1. The summed E-state index contributed by atoms with van der Waals surface area (Å²) in [4.78, 5) is 12.4. The fraction of sp³-hybridized carbons (Fsp3) is 0.118. The first-order valence-electron chi connectivity index (χ1n) is 7.32. The molecule has 3 rings (SSSR count). The van der Waals surface area contributed by atoms with Gasteiger partial charge in [0.2, 0.25) is 0 Å². The Morgan fingerprint density at radius 1 is 1.28 bits per heavy atom. The van der Waals surface area contributed by atoms with Crippen molar-refractivity contribution >= 4 is 23.2 Å². The van der Waals surface area contributed by atoms with Gasteiger partial charge in [-0.3, -0.25) is 4.79 Å². The molecule has 0 saturated carbocycles. The molecule has 2 aromatic carbocycles. The predicted octanol–water partition coefficient (Wildman–Crippen LogP) is 3.63. The summed E-state index contributed by atoms with van der Waals surface area (Å²) in [5.41, 5.74) is 1.60. The van der Waals surface area contributed by atoms with E-state index in [4.69, 9.17) is 16.3 Å². The minimum atomic E-state index is -0.443. The van der Waals surface area contributed by atoms with Gasteiger partial charge in [0.15, 0.2) is 5.69 Å². The average Bonchev–Trinajstić information content (AvgIpc) is 2.96. The zero-order chi connectivity index (χ0) is 18.0. The Morgan fingerprint density at radius 3 is 2.76 bits per heavy atom. The third-order valence-corrected chi connectivity index (χ3v) is 3.87. The lowest BCUT2D eigenvalue weighted by Crippen LogP contribution is -2.14. The molecule has 0 aliphatic carbocycles. The summed E-state index contributed by atoms with van der Waals surface area (Å²) in [6, 6.07) is 10.8. The van der Waals surface area contributed by atoms with Crippen molar-refractivity contribution in [3.8, 4) is 11.4 Å². The van der Waals surface area contributed by atoms with Crippen molar-refractivity contribution in [2.45, 2.75) is 6.92 Å². The molecule has 0 bridgehead atoms. The number of aromatic nitrogens is 3. The highest BCUT2D eigenvalue weighted by molar-refractivity contribution is 6.32. The van der Waals surface area contributed by atoms with E-state index < -0.39 is 11.7 Å². The normalized spacial score (nSPS) is 10.6. The van der Waals surface area contributed by atoms with E-state index in [2.05, 4.69) is 15.6 Å². The van der Waals surface area contributed by atoms with E-state index in [1.807, 2.05) is 0 Å². The molecule has 25 heavy (non-hydrogen) atoms. The molecule has 0 aliphatic rings. The number of rotatable bonds is 4. The highest BCUT2D eigenvalue weighted by atomic mass is 35.5. The number of anilines is 1. The van der Waals surface area contributed by atoms with Crippen LogP contribution < -0.4 is 10.1 Å². The molecule has 0 radical (unpaired) electrons. The Bertz CT molecular complexity index is 942. The Morgan fingerprint density at radius 2 is 2.08 bits per heavy atom. The molecule has 0 unspecified atom stereocenters. The number of methoxy groups -OCH3 is 1. The van der Waals surface area contributed by atoms with Gasteiger partial charge in [0.1, 0.15) is 11.6 Å². The van der Waals surface area contributed by atoms with Gasteiger partial charge in [-0.2, -0.15) is 0 Å². The van der Waals surface area contributed by atoms with Gasteiger partial charge < -0.3 is 10.1 Å². The van der Waals surface area contributed by atoms with Crippen LogP contribution in [0.25, 0.3) is 5.69 Å². The van der Waals surface area contributed by atoms with Crippen molar-refractivity contribution in [3.05, 3.63) is 64.7 Å². The molecule has 0 aliphatic heterocycles. The van der Waals surface area contributed by atoms with Crippen LogP contribution in [-0.2, 0) is 0 Å². The lowest BCUT2D eigenvalue weighted by molar-refractivity contribution is 0.102. The van der Waals surface area contributed by atoms with E-state index in [1.54, 1.807) is 37.3 Å². The standard InChI is InChI=1S/C17H14ClFN4O2/c1-10-16(21-22-23(10)13-5-3-4-11(19)8-13)17(24)20-12-6-7-15(25-2)14(18)9-12/h3-9H,1-2H3,(H,20,24). The first-order chi connectivity index (χ1) is 12.0. The molecule has 3 aromatic rings. The van der Waals surface area contributed by atoms with Crippen LogP contribution in [0.15, 0.2) is 42.5 Å². The summed E-state index contributed by atoms with van der Waals surface area (Å²) in [5, 5.41) is 10.9. The van der Waals surface area contributed by atoms with Gasteiger partial charge in [-0.25, -0.2) is 9.07 Å². The number of amides is 1. The molecule has 1 amide bonds. The summed E-state index contributed by atoms with van der Waals surface area (Å²) >= 11 is 6.05. The smallest absolute Gasteiger partial charge is 0.278 e. The number of hydrogen-bond donors (Lipinski definition) is 1. The summed E-state index contributed by atoms with van der Waals surface area (Å²) in [6.07, 6.45) is 0. The molecule has 128 valence electrons. The van der Waals surface area contributed by atoms with E-state index in [0.29, 0.717) is 27.8 Å². The predicted molar refractivity (Wildman–Crippen MR) is 92.0 cm³/mol. The lowest BCUT2D eigenvalue weighted by Gasteiger charge is -2.07. The quantitative estimate of drug-likeness (QED) is 0.771. The maximum absolute atomic E-state index is 13.4. The third kappa shape index (κ3) is 3.46. The van der Waals surface area contributed by atoms with Crippen LogP contribution in [0.5, 0.6) is 5.75 Å². The highest BCUT2D eigenvalue weighted by Crippen LogP contribution is 2.27. The molecule has 0 fully saturated rings. The Labute approximate surface area is 148 Å². The second-order valence-electron chi connectivity index (χ2n) is 5.22. The van der Waals surface area contributed by atoms with E-state index in [1.165, 1.54) is 23.9 Å². The molecular formula is C17H14ClFN4O2. The average molecular weight is 361 g/mol. The van der Waals surface area contributed by atoms with Crippen LogP contribution in [0, 0.1) is 12.7 Å². The first-order valence-corrected chi connectivity index (χ1v) is 7.70. The Hall–Kier alpha value is -2.93. The summed E-state index contributed by atoms with van der Waals surface area (Å²) in [5.74, 6) is -0.333. The van der Waals surface area contributed by atoms with Crippen LogP contribution in [0.2, 0.25) is 5.02 Å². The van der Waals surface area contributed by atoms with Crippen molar-refractivity contribution < 1.29 is 13.9 Å². The van der Waals surface area contributed by atoms with Gasteiger partial charge in [-0.1, -0.05) is 22.9 Å². The van der Waals surface area contributed by atoms with E-state index >= 15 is 0 Å². The fourth-order valence-corrected chi connectivity index (χ4v) is 2.58. The van der Waals surface area contributed by atoms with Gasteiger partial charge in [0, 0.05) is 5.69 Å². The summed E-state index contributed by atoms with van der Waals surface area (Å²) in [7, 11) is 1.51. The van der Waals surface area contributed by atoms with Crippen molar-refractivity contribution in [3.63, 3.8) is 0 Å². The molecule has 0 spiro atoms. The molecule has 0 saturated heterocycles. The van der Waals surface area contributed by atoms with Crippen molar-refractivity contribution in [2.75, 3.05) is 12.4 Å². The summed E-state index contributed by atoms with van der Waals surface area (Å²) in [6.45, 7) is 1.68. The van der Waals surface area contributed by atoms with Crippen LogP contribution in [0.3, 0.4) is 0 Å². The van der Waals surface area contributed by atoms with E-state index in [-0.39, 0.29) is 5.69 Å². The molecule has 1 aromatic heterocycles. The number of benzene rings is 2. The number of hydrogen-bond acceptors (Lipinski definition) is 4. The largest absolute Gasteiger partial charge is 0.495 e. The molecule has 0 atom stereocenters. The Balaban J connectivity index is 1.85. The van der Waals surface area contributed by atoms with Gasteiger partial charge >= 0.3 is 0 Å². The molecule has 1 heterocycles. The second kappa shape index (κ2) is 6.90. The number of ether oxygens (including phenoxy) is 1. The fourth-order valence-electron chi connectivity index (χ4n) is 2.33. The molecular weight excluding hydrogens is 347 g/mol. The van der Waals surface area contributed by atoms with Crippen LogP contribution in [-0.4, -0.2) is 28.0 Å². The highest BCUT2D eigenvalue weighted by Gasteiger charge is 2.18. The lowest BCUT2D eigenvalue weighted by atomic mass is 10.2. The third-order valence-electron chi connectivity index (χ3n) is 3.57. The van der Waals surface area contributed by atoms with Gasteiger partial charge in [0.25, 0.3) is 5.91 Å². The monoisotopic (exact) mass is 360 g/mol. The number of halogens is 2. The SMILES string of the molecule is COc1ccc(NC(=O)c2nnn(-c3cccc(F)c3)c2C)cc1Cl. The number of nitrogens with zero attached hydrogens (tertiary/aromatic N) is 3. The second-order valence-corrected chi connectivity index (χ2v) is 5.63. The Kier molecular flexibility index (Phi) is 4.67. The number of carbonyl (C=O) groups is 1. The first kappa shape index (κ1) is 16.9. The van der Waals surface area contributed by atoms with Gasteiger partial charge in [0.05, 0.1) is 23.5 Å². The van der Waals surface area contributed by atoms with E-state index in [9.17, 15) is 9.18 Å². The minimum absolute atomic E-state index is 0.135. The maximum Gasteiger partial charge on any atom is 0.278 e. The molecule has 8 heteroatoms. The minimum Gasteiger partial charge on any atom is -0.495 e. The summed E-state index contributed by atoms with van der Waals surface area (Å²) < 4.78 is 19.8. The number of nitrogens with one attached hydrogen (secondary N) is 1. The zero-order valence-corrected chi connectivity index (χ0v) is 14.2. The maximum atomic E-state index is 13.4. The molecule has 1 N–H and O–H groups in total. The topological polar surface area (TPSA) is 69.0 Å². The van der Waals surface area contributed by atoms with E-state index in [0.717, 1.165) is 0 Å². The van der Waals surface area contributed by atoms with Gasteiger partial charge in [-0.05, 0) is 43.3 Å².